The van der Waals surface area contributed by atoms with Crippen LogP contribution in [0.3, 0.4) is 0 Å². The normalized spacial score (nSPS) is 11.2. The van der Waals surface area contributed by atoms with Gasteiger partial charge in [-0.05, 0) is 30.3 Å². The number of hydrogen-bond acceptors (Lipinski definition) is 6. The standard InChI is InChI=1S/C22H14N2O4S/c1-27-19-10-12(9-14-13-5-2-3-8-18(13)28-20(14)19)21-24-17(11-29-21)15-6-4-7-16(23-15)22(25)26/h2-11H,1H3,(H,25,26). The van der Waals surface area contributed by atoms with E-state index >= 15 is 0 Å². The van der Waals surface area contributed by atoms with Gasteiger partial charge in [-0.2, -0.15) is 0 Å². The molecule has 7 heteroatoms. The molecular formula is C22H14N2O4S. The summed E-state index contributed by atoms with van der Waals surface area (Å²) >= 11 is 1.46. The Morgan fingerprint density at radius 2 is 1.90 bits per heavy atom. The van der Waals surface area contributed by atoms with E-state index in [0.717, 1.165) is 26.9 Å². The van der Waals surface area contributed by atoms with E-state index in [1.807, 2.05) is 41.8 Å². The quantitative estimate of drug-likeness (QED) is 0.428. The Bertz CT molecular complexity index is 1390. The summed E-state index contributed by atoms with van der Waals surface area (Å²) in [5, 5.41) is 13.8. The van der Waals surface area contributed by atoms with Gasteiger partial charge in [0.1, 0.15) is 22.0 Å². The molecule has 5 rings (SSSR count). The summed E-state index contributed by atoms with van der Waals surface area (Å²) in [6.07, 6.45) is 0. The SMILES string of the molecule is COc1cc(-c2nc(-c3cccc(C(=O)O)n3)cs2)cc2c1oc1ccccc12. The lowest BCUT2D eigenvalue weighted by Crippen LogP contribution is -2.00. The third-order valence-electron chi connectivity index (χ3n) is 4.65. The minimum atomic E-state index is -1.07. The van der Waals surface area contributed by atoms with Gasteiger partial charge in [0.05, 0.1) is 12.8 Å². The molecule has 3 aromatic heterocycles. The number of ether oxygens (including phenoxy) is 1. The number of pyridine rings is 1. The van der Waals surface area contributed by atoms with E-state index in [2.05, 4.69) is 9.97 Å². The van der Waals surface area contributed by atoms with Gasteiger partial charge in [0.25, 0.3) is 0 Å². The number of carboxylic acids is 1. The first-order chi connectivity index (χ1) is 14.1. The van der Waals surface area contributed by atoms with Crippen molar-refractivity contribution < 1.29 is 19.1 Å². The van der Waals surface area contributed by atoms with Crippen LogP contribution in [0.1, 0.15) is 10.5 Å². The lowest BCUT2D eigenvalue weighted by atomic mass is 10.1. The van der Waals surface area contributed by atoms with Crippen molar-refractivity contribution in [2.75, 3.05) is 7.11 Å². The molecule has 2 aromatic carbocycles. The number of furan rings is 1. The van der Waals surface area contributed by atoms with Crippen LogP contribution in [-0.2, 0) is 0 Å². The number of carbonyl (C=O) groups is 1. The van der Waals surface area contributed by atoms with Crippen LogP contribution in [0.15, 0.2) is 64.4 Å². The van der Waals surface area contributed by atoms with Crippen LogP contribution in [-0.4, -0.2) is 28.2 Å². The summed E-state index contributed by atoms with van der Waals surface area (Å²) in [7, 11) is 1.61. The number of nitrogens with zero attached hydrogens (tertiary/aromatic N) is 2. The number of carboxylic acid groups (broad SMARTS) is 1. The number of benzene rings is 2. The molecule has 3 heterocycles. The van der Waals surface area contributed by atoms with E-state index in [-0.39, 0.29) is 5.69 Å². The van der Waals surface area contributed by atoms with E-state index in [4.69, 9.17) is 14.3 Å². The van der Waals surface area contributed by atoms with Crippen LogP contribution in [0.2, 0.25) is 0 Å². The van der Waals surface area contributed by atoms with Crippen LogP contribution in [0.25, 0.3) is 43.9 Å². The van der Waals surface area contributed by atoms with Gasteiger partial charge in [-0.1, -0.05) is 24.3 Å². The molecule has 0 aliphatic carbocycles. The molecule has 0 amide bonds. The number of aromatic nitrogens is 2. The van der Waals surface area contributed by atoms with Crippen LogP contribution in [0, 0.1) is 0 Å². The zero-order valence-corrected chi connectivity index (χ0v) is 16.1. The number of para-hydroxylation sites is 1. The minimum Gasteiger partial charge on any atom is -0.493 e. The Balaban J connectivity index is 1.64. The summed E-state index contributed by atoms with van der Waals surface area (Å²) in [5.41, 5.74) is 3.53. The van der Waals surface area contributed by atoms with Crippen LogP contribution >= 0.6 is 11.3 Å². The molecule has 0 bridgehead atoms. The summed E-state index contributed by atoms with van der Waals surface area (Å²) in [5.74, 6) is -0.430. The molecule has 0 radical (unpaired) electrons. The average molecular weight is 402 g/mol. The predicted octanol–water partition coefficient (Wildman–Crippen LogP) is 5.48. The number of methoxy groups -OCH3 is 1. The van der Waals surface area contributed by atoms with Gasteiger partial charge >= 0.3 is 5.97 Å². The minimum absolute atomic E-state index is 0.00925. The number of aromatic carboxylic acids is 1. The topological polar surface area (TPSA) is 85.5 Å². The van der Waals surface area contributed by atoms with Crippen molar-refractivity contribution in [3.63, 3.8) is 0 Å². The van der Waals surface area contributed by atoms with E-state index < -0.39 is 5.97 Å². The van der Waals surface area contributed by atoms with E-state index in [1.165, 1.54) is 17.4 Å². The second kappa shape index (κ2) is 6.72. The van der Waals surface area contributed by atoms with Crippen molar-refractivity contribution in [2.24, 2.45) is 0 Å². The predicted molar refractivity (Wildman–Crippen MR) is 112 cm³/mol. The molecule has 0 fully saturated rings. The molecule has 0 saturated carbocycles. The molecule has 0 saturated heterocycles. The van der Waals surface area contributed by atoms with Crippen LogP contribution in [0.4, 0.5) is 0 Å². The number of thiazole rings is 1. The van der Waals surface area contributed by atoms with Gasteiger partial charge in [-0.3, -0.25) is 0 Å². The van der Waals surface area contributed by atoms with Crippen LogP contribution in [0.5, 0.6) is 5.75 Å². The van der Waals surface area contributed by atoms with Gasteiger partial charge in [-0.25, -0.2) is 14.8 Å². The van der Waals surface area contributed by atoms with Crippen molar-refractivity contribution in [1.82, 2.24) is 9.97 Å². The fraction of sp³-hybridized carbons (Fsp3) is 0.0455. The summed E-state index contributed by atoms with van der Waals surface area (Å²) < 4.78 is 11.5. The molecule has 29 heavy (non-hydrogen) atoms. The summed E-state index contributed by atoms with van der Waals surface area (Å²) in [6.45, 7) is 0. The Morgan fingerprint density at radius 3 is 2.72 bits per heavy atom. The number of hydrogen-bond donors (Lipinski definition) is 1. The molecule has 1 N–H and O–H groups in total. The zero-order valence-electron chi connectivity index (χ0n) is 15.2. The Hall–Kier alpha value is -3.71. The number of fused-ring (bicyclic) bond motifs is 3. The highest BCUT2D eigenvalue weighted by Crippen LogP contribution is 2.39. The smallest absolute Gasteiger partial charge is 0.354 e. The Labute approximate surface area is 169 Å². The Morgan fingerprint density at radius 1 is 1.03 bits per heavy atom. The number of rotatable bonds is 4. The third kappa shape index (κ3) is 2.92. The van der Waals surface area contributed by atoms with Gasteiger partial charge in [0, 0.05) is 21.7 Å². The first-order valence-corrected chi connectivity index (χ1v) is 9.68. The highest BCUT2D eigenvalue weighted by Gasteiger charge is 2.16. The average Bonchev–Trinajstić information content (AvgIpc) is 3.38. The van der Waals surface area contributed by atoms with Gasteiger partial charge in [-0.15, -0.1) is 11.3 Å². The summed E-state index contributed by atoms with van der Waals surface area (Å²) in [4.78, 5) is 20.0. The van der Waals surface area contributed by atoms with Crippen molar-refractivity contribution in [3.05, 3.63) is 65.7 Å². The van der Waals surface area contributed by atoms with Crippen molar-refractivity contribution in [1.29, 1.82) is 0 Å². The van der Waals surface area contributed by atoms with Gasteiger partial charge in [0.2, 0.25) is 0 Å². The van der Waals surface area contributed by atoms with Gasteiger partial charge in [0.15, 0.2) is 11.3 Å². The first-order valence-electron chi connectivity index (χ1n) is 8.80. The maximum atomic E-state index is 11.2. The molecule has 0 spiro atoms. The lowest BCUT2D eigenvalue weighted by Gasteiger charge is -2.04. The molecule has 0 atom stereocenters. The lowest BCUT2D eigenvalue weighted by molar-refractivity contribution is 0.0690. The maximum absolute atomic E-state index is 11.2. The van der Waals surface area contributed by atoms with E-state index in [1.54, 1.807) is 19.2 Å². The van der Waals surface area contributed by atoms with E-state index in [9.17, 15) is 4.79 Å². The second-order valence-electron chi connectivity index (χ2n) is 6.40. The highest BCUT2D eigenvalue weighted by molar-refractivity contribution is 7.13. The van der Waals surface area contributed by atoms with Crippen molar-refractivity contribution in [3.8, 4) is 27.7 Å². The van der Waals surface area contributed by atoms with Crippen molar-refractivity contribution in [2.45, 2.75) is 0 Å². The molecule has 0 aliphatic heterocycles. The Kier molecular flexibility index (Phi) is 4.03. The molecule has 0 unspecified atom stereocenters. The molecule has 5 aromatic rings. The zero-order chi connectivity index (χ0) is 20.0. The third-order valence-corrected chi connectivity index (χ3v) is 5.54. The maximum Gasteiger partial charge on any atom is 0.354 e. The fourth-order valence-corrected chi connectivity index (χ4v) is 4.09. The second-order valence-corrected chi connectivity index (χ2v) is 7.26. The molecular weight excluding hydrogens is 388 g/mol. The largest absolute Gasteiger partial charge is 0.493 e. The monoisotopic (exact) mass is 402 g/mol. The van der Waals surface area contributed by atoms with Crippen LogP contribution < -0.4 is 4.74 Å². The molecule has 0 aliphatic rings. The van der Waals surface area contributed by atoms with Crippen molar-refractivity contribution >= 4 is 39.2 Å². The molecule has 6 nitrogen and oxygen atoms in total. The first kappa shape index (κ1) is 17.4. The van der Waals surface area contributed by atoms with Gasteiger partial charge < -0.3 is 14.3 Å². The summed E-state index contributed by atoms with van der Waals surface area (Å²) in [6, 6.07) is 16.7. The van der Waals surface area contributed by atoms with E-state index in [0.29, 0.717) is 22.7 Å². The fourth-order valence-electron chi connectivity index (χ4n) is 3.29. The molecule has 142 valence electrons. The highest BCUT2D eigenvalue weighted by atomic mass is 32.1.